The molecule has 1 aromatic carbocycles. The van der Waals surface area contributed by atoms with Crippen molar-refractivity contribution >= 4 is 17.7 Å². The van der Waals surface area contributed by atoms with Gasteiger partial charge in [-0.2, -0.15) is 11.8 Å². The topological polar surface area (TPSA) is 38.3 Å². The molecule has 0 aromatic heterocycles. The van der Waals surface area contributed by atoms with Crippen molar-refractivity contribution in [3.8, 4) is 0 Å². The molecule has 3 nitrogen and oxygen atoms in total. The molecule has 21 heavy (non-hydrogen) atoms. The molecular formula is C17H27NO2S. The minimum atomic E-state index is -0.132. The van der Waals surface area contributed by atoms with E-state index in [1.165, 1.54) is 23.8 Å². The highest BCUT2D eigenvalue weighted by molar-refractivity contribution is 7.99. The Morgan fingerprint density at radius 2 is 2.14 bits per heavy atom. The summed E-state index contributed by atoms with van der Waals surface area (Å²) in [7, 11) is 1.44. The van der Waals surface area contributed by atoms with Gasteiger partial charge in [-0.15, -0.1) is 0 Å². The van der Waals surface area contributed by atoms with Gasteiger partial charge < -0.3 is 10.1 Å². The lowest BCUT2D eigenvalue weighted by Crippen LogP contribution is -2.25. The van der Waals surface area contributed by atoms with Gasteiger partial charge in [0.15, 0.2) is 0 Å². The molecule has 118 valence electrons. The number of carbonyl (C=O) groups is 1. The molecule has 0 saturated heterocycles. The fraction of sp³-hybridized carbons (Fsp3) is 0.588. The molecule has 0 heterocycles. The summed E-state index contributed by atoms with van der Waals surface area (Å²) in [5.41, 5.74) is 3.99. The third kappa shape index (κ3) is 6.53. The molecule has 0 saturated carbocycles. The van der Waals surface area contributed by atoms with Gasteiger partial charge in [0.25, 0.3) is 0 Å². The van der Waals surface area contributed by atoms with Crippen molar-refractivity contribution in [2.24, 2.45) is 0 Å². The Kier molecular flexibility index (Phi) is 8.47. The van der Waals surface area contributed by atoms with E-state index in [1.807, 2.05) is 0 Å². The van der Waals surface area contributed by atoms with E-state index in [-0.39, 0.29) is 5.97 Å². The van der Waals surface area contributed by atoms with E-state index in [1.54, 1.807) is 11.8 Å². The Labute approximate surface area is 132 Å². The number of carbonyl (C=O) groups excluding carboxylic acids is 1. The third-order valence-electron chi connectivity index (χ3n) is 3.40. The normalized spacial score (nSPS) is 12.2. The molecule has 0 aliphatic carbocycles. The number of rotatable bonds is 9. The van der Waals surface area contributed by atoms with Crippen LogP contribution in [0.4, 0.5) is 0 Å². The first-order valence-corrected chi connectivity index (χ1v) is 8.69. The molecule has 1 atom stereocenters. The van der Waals surface area contributed by atoms with Gasteiger partial charge in [0.05, 0.1) is 13.5 Å². The van der Waals surface area contributed by atoms with Crippen LogP contribution in [0, 0.1) is 13.8 Å². The summed E-state index contributed by atoms with van der Waals surface area (Å²) in [6, 6.07) is 6.96. The second-order valence-electron chi connectivity index (χ2n) is 5.27. The first-order chi connectivity index (χ1) is 10.1. The van der Waals surface area contributed by atoms with Crippen molar-refractivity contribution in [2.45, 2.75) is 39.7 Å². The maximum Gasteiger partial charge on any atom is 0.306 e. The fourth-order valence-corrected chi connectivity index (χ4v) is 3.26. The van der Waals surface area contributed by atoms with E-state index < -0.39 is 0 Å². The second kappa shape index (κ2) is 9.85. The fourth-order valence-electron chi connectivity index (χ4n) is 2.25. The van der Waals surface area contributed by atoms with E-state index in [2.05, 4.69) is 49.0 Å². The number of ether oxygens (including phenoxy) is 1. The lowest BCUT2D eigenvalue weighted by atomic mass is 10.00. The number of hydrogen-bond acceptors (Lipinski definition) is 4. The highest BCUT2D eigenvalue weighted by Gasteiger charge is 2.13. The van der Waals surface area contributed by atoms with E-state index in [0.717, 1.165) is 24.5 Å². The molecule has 4 heteroatoms. The molecule has 0 aliphatic rings. The van der Waals surface area contributed by atoms with E-state index >= 15 is 0 Å². The molecule has 1 unspecified atom stereocenters. The van der Waals surface area contributed by atoms with Gasteiger partial charge in [-0.1, -0.05) is 30.7 Å². The summed E-state index contributed by atoms with van der Waals surface area (Å²) in [6.45, 7) is 7.48. The van der Waals surface area contributed by atoms with Crippen molar-refractivity contribution in [1.82, 2.24) is 5.32 Å². The average Bonchev–Trinajstić information content (AvgIpc) is 2.47. The number of nitrogens with one attached hydrogen (secondary N) is 1. The van der Waals surface area contributed by atoms with E-state index in [0.29, 0.717) is 12.5 Å². The van der Waals surface area contributed by atoms with E-state index in [4.69, 9.17) is 0 Å². The highest BCUT2D eigenvalue weighted by Crippen LogP contribution is 2.23. The van der Waals surface area contributed by atoms with Gasteiger partial charge in [0.1, 0.15) is 0 Å². The Morgan fingerprint density at radius 3 is 2.76 bits per heavy atom. The summed E-state index contributed by atoms with van der Waals surface area (Å²) in [5, 5.41) is 3.61. The highest BCUT2D eigenvalue weighted by atomic mass is 32.2. The number of thioether (sulfide) groups is 1. The van der Waals surface area contributed by atoms with Crippen molar-refractivity contribution in [3.63, 3.8) is 0 Å². The standard InChI is InChI=1S/C17H27NO2S/c1-5-9-18-16(12-21-10-8-17(19)20-4)15-7-6-13(2)11-14(15)3/h6-7,11,16,18H,5,8-10,12H2,1-4H3. The minimum absolute atomic E-state index is 0.132. The summed E-state index contributed by atoms with van der Waals surface area (Å²) in [4.78, 5) is 11.1. The minimum Gasteiger partial charge on any atom is -0.469 e. The molecule has 0 spiro atoms. The molecule has 1 aromatic rings. The van der Waals surface area contributed by atoms with Gasteiger partial charge in [-0.25, -0.2) is 0 Å². The van der Waals surface area contributed by atoms with Crippen LogP contribution in [0.2, 0.25) is 0 Å². The average molecular weight is 309 g/mol. The molecule has 0 fully saturated rings. The zero-order chi connectivity index (χ0) is 15.7. The second-order valence-corrected chi connectivity index (χ2v) is 6.42. The van der Waals surface area contributed by atoms with Gasteiger partial charge in [-0.05, 0) is 37.9 Å². The first kappa shape index (κ1) is 18.1. The smallest absolute Gasteiger partial charge is 0.306 e. The molecule has 1 N–H and O–H groups in total. The van der Waals surface area contributed by atoms with Gasteiger partial charge in [-0.3, -0.25) is 4.79 Å². The number of hydrogen-bond donors (Lipinski definition) is 1. The van der Waals surface area contributed by atoms with Crippen molar-refractivity contribution in [2.75, 3.05) is 25.2 Å². The number of methoxy groups -OCH3 is 1. The number of aryl methyl sites for hydroxylation is 2. The monoisotopic (exact) mass is 309 g/mol. The molecule has 1 rings (SSSR count). The van der Waals surface area contributed by atoms with Crippen LogP contribution in [0.5, 0.6) is 0 Å². The van der Waals surface area contributed by atoms with Gasteiger partial charge in [0, 0.05) is 17.5 Å². The van der Waals surface area contributed by atoms with Crippen LogP contribution in [0.1, 0.15) is 42.5 Å². The summed E-state index contributed by atoms with van der Waals surface area (Å²) >= 11 is 1.80. The molecule has 0 radical (unpaired) electrons. The molecule has 0 aliphatic heterocycles. The molecule has 0 bridgehead atoms. The van der Waals surface area contributed by atoms with Crippen LogP contribution in [0.15, 0.2) is 18.2 Å². The van der Waals surface area contributed by atoms with E-state index in [9.17, 15) is 4.79 Å². The summed E-state index contributed by atoms with van der Waals surface area (Å²) in [6.07, 6.45) is 1.60. The third-order valence-corrected chi connectivity index (χ3v) is 4.47. The number of benzene rings is 1. The molecular weight excluding hydrogens is 282 g/mol. The Morgan fingerprint density at radius 1 is 1.38 bits per heavy atom. The number of esters is 1. The largest absolute Gasteiger partial charge is 0.469 e. The summed E-state index contributed by atoms with van der Waals surface area (Å²) < 4.78 is 4.67. The predicted molar refractivity (Wildman–Crippen MR) is 90.9 cm³/mol. The van der Waals surface area contributed by atoms with Crippen LogP contribution in [-0.2, 0) is 9.53 Å². The van der Waals surface area contributed by atoms with Crippen LogP contribution in [0.25, 0.3) is 0 Å². The predicted octanol–water partition coefficient (Wildman–Crippen LogP) is 3.64. The lowest BCUT2D eigenvalue weighted by Gasteiger charge is -2.21. The Bertz CT molecular complexity index is 448. The molecule has 0 amide bonds. The Hall–Kier alpha value is -1.00. The summed E-state index contributed by atoms with van der Waals surface area (Å²) in [5.74, 6) is 1.65. The zero-order valence-electron chi connectivity index (χ0n) is 13.6. The Balaban J connectivity index is 2.60. The van der Waals surface area contributed by atoms with Crippen LogP contribution in [-0.4, -0.2) is 31.1 Å². The van der Waals surface area contributed by atoms with Crippen LogP contribution < -0.4 is 5.32 Å². The van der Waals surface area contributed by atoms with Gasteiger partial charge in [0.2, 0.25) is 0 Å². The maximum absolute atomic E-state index is 11.1. The van der Waals surface area contributed by atoms with Crippen LogP contribution in [0.3, 0.4) is 0 Å². The van der Waals surface area contributed by atoms with Crippen LogP contribution >= 0.6 is 11.8 Å². The zero-order valence-corrected chi connectivity index (χ0v) is 14.4. The maximum atomic E-state index is 11.1. The lowest BCUT2D eigenvalue weighted by molar-refractivity contribution is -0.140. The van der Waals surface area contributed by atoms with Gasteiger partial charge >= 0.3 is 5.97 Å². The first-order valence-electron chi connectivity index (χ1n) is 7.53. The SMILES string of the molecule is CCCNC(CSCCC(=O)OC)c1ccc(C)cc1C. The van der Waals surface area contributed by atoms with Crippen molar-refractivity contribution in [3.05, 3.63) is 34.9 Å². The quantitative estimate of drug-likeness (QED) is 0.558. The van der Waals surface area contributed by atoms with Crippen molar-refractivity contribution < 1.29 is 9.53 Å². The van der Waals surface area contributed by atoms with Crippen molar-refractivity contribution in [1.29, 1.82) is 0 Å².